The van der Waals surface area contributed by atoms with Gasteiger partial charge in [-0.3, -0.25) is 0 Å². The third-order valence-corrected chi connectivity index (χ3v) is 11.1. The van der Waals surface area contributed by atoms with Crippen molar-refractivity contribution >= 4 is 0 Å². The zero-order chi connectivity index (χ0) is 13.1. The second-order valence-electron chi connectivity index (χ2n) is 9.98. The molecule has 0 heteroatoms. The van der Waals surface area contributed by atoms with Crippen molar-refractivity contribution in [1.29, 1.82) is 0 Å². The summed E-state index contributed by atoms with van der Waals surface area (Å²) in [6, 6.07) is 0. The highest BCUT2D eigenvalue weighted by molar-refractivity contribution is 5.34. The van der Waals surface area contributed by atoms with Gasteiger partial charge in [0.1, 0.15) is 0 Å². The summed E-state index contributed by atoms with van der Waals surface area (Å²) in [6.45, 7) is 13.4. The monoisotopic (exact) mass is 256 g/mol. The summed E-state index contributed by atoms with van der Waals surface area (Å²) in [5.74, 6) is 12.4. The third-order valence-electron chi connectivity index (χ3n) is 11.1. The van der Waals surface area contributed by atoms with Crippen LogP contribution in [0.15, 0.2) is 0 Å². The number of rotatable bonds is 0. The number of hydrogen-bond donors (Lipinski definition) is 0. The summed E-state index contributed by atoms with van der Waals surface area (Å²) in [7, 11) is 0. The molecule has 7 rings (SSSR count). The lowest BCUT2D eigenvalue weighted by atomic mass is 9.27. The van der Waals surface area contributed by atoms with E-state index in [1.165, 1.54) is 23.7 Å². The molecule has 0 N–H and O–H groups in total. The summed E-state index contributed by atoms with van der Waals surface area (Å²) in [5, 5.41) is 0. The molecule has 0 heterocycles. The fraction of sp³-hybridized carbons (Fsp3) is 1.00. The van der Waals surface area contributed by atoms with E-state index in [1.807, 2.05) is 0 Å². The Bertz CT molecular complexity index is 483. The van der Waals surface area contributed by atoms with Crippen LogP contribution in [-0.2, 0) is 0 Å². The maximum atomic E-state index is 2.72. The highest BCUT2D eigenvalue weighted by Crippen LogP contribution is 2.91. The van der Waals surface area contributed by atoms with Gasteiger partial charge in [0.2, 0.25) is 0 Å². The third kappa shape index (κ3) is 0.653. The molecule has 7 saturated carbocycles. The molecule has 0 nitrogen and oxygen atoms in total. The first-order chi connectivity index (χ1) is 8.94. The molecule has 0 aromatic rings. The van der Waals surface area contributed by atoms with Crippen LogP contribution >= 0.6 is 0 Å². The van der Waals surface area contributed by atoms with E-state index < -0.39 is 0 Å². The second kappa shape index (κ2) is 2.46. The predicted octanol–water partition coefficient (Wildman–Crippen LogP) is 4.31. The zero-order valence-corrected chi connectivity index (χ0v) is 13.1. The molecule has 0 aliphatic heterocycles. The summed E-state index contributed by atoms with van der Waals surface area (Å²) in [4.78, 5) is 0. The first-order valence-corrected chi connectivity index (χ1v) is 8.94. The van der Waals surface area contributed by atoms with Crippen LogP contribution in [-0.4, -0.2) is 0 Å². The van der Waals surface area contributed by atoms with Crippen LogP contribution in [0.1, 0.15) is 41.0 Å². The SMILES string of the molecule is CC1C2C3CC1(C)C1(C)C(C)C4C5C3C2C5C4C1C. The van der Waals surface area contributed by atoms with Gasteiger partial charge in [0.15, 0.2) is 0 Å². The van der Waals surface area contributed by atoms with Crippen molar-refractivity contribution in [3.8, 4) is 0 Å². The zero-order valence-electron chi connectivity index (χ0n) is 13.1. The Morgan fingerprint density at radius 1 is 0.632 bits per heavy atom. The standard InChI is InChI=1S/C19H28/c1-7-11-10-6-18(7,4)19(5)8(2)12-13(9(19)3)17-15(11)14(10)16(12)17/h7-17H,6H2,1-5H3. The lowest BCUT2D eigenvalue weighted by molar-refractivity contribution is -0.311. The van der Waals surface area contributed by atoms with Gasteiger partial charge >= 0.3 is 0 Å². The van der Waals surface area contributed by atoms with Crippen LogP contribution in [0.4, 0.5) is 0 Å². The van der Waals surface area contributed by atoms with E-state index in [0.717, 1.165) is 41.4 Å². The van der Waals surface area contributed by atoms with Gasteiger partial charge in [-0.2, -0.15) is 0 Å². The average Bonchev–Trinajstić information content (AvgIpc) is 2.69. The molecular formula is C19H28. The van der Waals surface area contributed by atoms with E-state index >= 15 is 0 Å². The molecule has 0 saturated heterocycles. The molecular weight excluding hydrogens is 228 g/mol. The van der Waals surface area contributed by atoms with E-state index in [2.05, 4.69) is 34.6 Å². The van der Waals surface area contributed by atoms with Crippen LogP contribution in [0.5, 0.6) is 0 Å². The summed E-state index contributed by atoms with van der Waals surface area (Å²) in [5.41, 5.74) is 1.30. The van der Waals surface area contributed by atoms with E-state index in [1.54, 1.807) is 6.42 Å². The van der Waals surface area contributed by atoms with Gasteiger partial charge in [0.25, 0.3) is 0 Å². The Kier molecular flexibility index (Phi) is 1.38. The van der Waals surface area contributed by atoms with Gasteiger partial charge < -0.3 is 0 Å². The molecule has 13 atom stereocenters. The van der Waals surface area contributed by atoms with Crippen LogP contribution in [0, 0.1) is 75.9 Å². The minimum atomic E-state index is 0.641. The molecule has 7 aliphatic carbocycles. The highest BCUT2D eigenvalue weighted by Gasteiger charge is 2.87. The molecule has 6 bridgehead atoms. The van der Waals surface area contributed by atoms with Crippen LogP contribution in [0.2, 0.25) is 0 Å². The fourth-order valence-corrected chi connectivity index (χ4v) is 10.1. The molecule has 0 spiro atoms. The average molecular weight is 256 g/mol. The van der Waals surface area contributed by atoms with Crippen molar-refractivity contribution < 1.29 is 0 Å². The van der Waals surface area contributed by atoms with Crippen LogP contribution < -0.4 is 0 Å². The normalized spacial score (nSPS) is 84.8. The number of hydrogen-bond acceptors (Lipinski definition) is 0. The second-order valence-corrected chi connectivity index (χ2v) is 9.98. The molecule has 0 aromatic heterocycles. The highest BCUT2D eigenvalue weighted by atomic mass is 14.9. The smallest absolute Gasteiger partial charge is 0.0212 e. The maximum absolute atomic E-state index is 2.72. The van der Waals surface area contributed by atoms with Crippen LogP contribution in [0.3, 0.4) is 0 Å². The Hall–Kier alpha value is 0. The summed E-state index contributed by atoms with van der Waals surface area (Å²) < 4.78 is 0. The maximum Gasteiger partial charge on any atom is -0.0212 e. The minimum absolute atomic E-state index is 0.641. The lowest BCUT2D eigenvalue weighted by Crippen LogP contribution is -2.74. The van der Waals surface area contributed by atoms with Crippen LogP contribution in [0.25, 0.3) is 0 Å². The van der Waals surface area contributed by atoms with Crippen molar-refractivity contribution in [2.75, 3.05) is 0 Å². The van der Waals surface area contributed by atoms with Gasteiger partial charge in [0, 0.05) is 0 Å². The van der Waals surface area contributed by atoms with Gasteiger partial charge in [-0.1, -0.05) is 34.6 Å². The molecule has 7 fully saturated rings. The molecule has 19 heavy (non-hydrogen) atoms. The van der Waals surface area contributed by atoms with E-state index in [4.69, 9.17) is 0 Å². The predicted molar refractivity (Wildman–Crippen MR) is 76.2 cm³/mol. The van der Waals surface area contributed by atoms with Gasteiger partial charge in [-0.25, -0.2) is 0 Å². The molecule has 0 aromatic carbocycles. The van der Waals surface area contributed by atoms with E-state index in [0.29, 0.717) is 10.8 Å². The van der Waals surface area contributed by atoms with E-state index in [9.17, 15) is 0 Å². The van der Waals surface area contributed by atoms with Crippen molar-refractivity contribution in [3.63, 3.8) is 0 Å². The topological polar surface area (TPSA) is 0 Å². The molecule has 0 amide bonds. The van der Waals surface area contributed by atoms with Crippen molar-refractivity contribution in [3.05, 3.63) is 0 Å². The Balaban J connectivity index is 1.66. The van der Waals surface area contributed by atoms with Gasteiger partial charge in [-0.15, -0.1) is 0 Å². The first-order valence-electron chi connectivity index (χ1n) is 8.94. The quantitative estimate of drug-likeness (QED) is 0.606. The van der Waals surface area contributed by atoms with Gasteiger partial charge in [0.05, 0.1) is 0 Å². The summed E-state index contributed by atoms with van der Waals surface area (Å²) in [6.07, 6.45) is 1.59. The van der Waals surface area contributed by atoms with Gasteiger partial charge in [-0.05, 0) is 82.3 Å². The van der Waals surface area contributed by atoms with Crippen molar-refractivity contribution in [1.82, 2.24) is 0 Å². The first kappa shape index (κ1) is 10.7. The molecule has 7 aliphatic rings. The largest absolute Gasteiger partial charge is 0.0617 e. The fourth-order valence-electron chi connectivity index (χ4n) is 10.1. The van der Waals surface area contributed by atoms with E-state index in [-0.39, 0.29) is 0 Å². The lowest BCUT2D eigenvalue weighted by Gasteiger charge is -2.78. The molecule has 104 valence electrons. The van der Waals surface area contributed by atoms with Crippen molar-refractivity contribution in [2.24, 2.45) is 75.9 Å². The Labute approximate surface area is 117 Å². The summed E-state index contributed by atoms with van der Waals surface area (Å²) >= 11 is 0. The minimum Gasteiger partial charge on any atom is -0.0617 e. The van der Waals surface area contributed by atoms with Crippen molar-refractivity contribution in [2.45, 2.75) is 41.0 Å². The Morgan fingerprint density at radius 2 is 1.16 bits per heavy atom. The molecule has 0 radical (unpaired) electrons. The molecule has 13 unspecified atom stereocenters. The Morgan fingerprint density at radius 3 is 1.79 bits per heavy atom.